The lowest BCUT2D eigenvalue weighted by Crippen LogP contribution is -2.09. The van der Waals surface area contributed by atoms with Gasteiger partial charge < -0.3 is 10.5 Å². The Balaban J connectivity index is 2.07. The standard InChI is InChI=1S/C13H13F2N3O2/c1-2-18-6-8(5-17-18)7-20-13(19)9-3-10(14)11(15)4-12(9)16/h3-6H,2,7,16H2,1H3. The van der Waals surface area contributed by atoms with Gasteiger partial charge in [-0.25, -0.2) is 13.6 Å². The van der Waals surface area contributed by atoms with Gasteiger partial charge in [-0.15, -0.1) is 0 Å². The lowest BCUT2D eigenvalue weighted by molar-refractivity contribution is 0.0473. The second-order valence-electron chi connectivity index (χ2n) is 4.13. The first-order chi connectivity index (χ1) is 9.51. The fourth-order valence-corrected chi connectivity index (χ4v) is 1.62. The number of aryl methyl sites for hydroxylation is 1. The van der Waals surface area contributed by atoms with Crippen LogP contribution in [0.3, 0.4) is 0 Å². The van der Waals surface area contributed by atoms with Crippen molar-refractivity contribution in [3.63, 3.8) is 0 Å². The molecule has 1 aromatic heterocycles. The van der Waals surface area contributed by atoms with Gasteiger partial charge in [-0.05, 0) is 13.0 Å². The summed E-state index contributed by atoms with van der Waals surface area (Å²) in [6, 6.07) is 1.48. The summed E-state index contributed by atoms with van der Waals surface area (Å²) >= 11 is 0. The highest BCUT2D eigenvalue weighted by Gasteiger charge is 2.16. The average Bonchev–Trinajstić information content (AvgIpc) is 2.88. The molecule has 0 aliphatic rings. The number of nitrogen functional groups attached to an aromatic ring is 1. The number of aromatic nitrogens is 2. The second-order valence-corrected chi connectivity index (χ2v) is 4.13. The third-order valence-electron chi connectivity index (χ3n) is 2.69. The van der Waals surface area contributed by atoms with Gasteiger partial charge in [0, 0.05) is 30.1 Å². The highest BCUT2D eigenvalue weighted by molar-refractivity contribution is 5.95. The van der Waals surface area contributed by atoms with Gasteiger partial charge in [0.2, 0.25) is 0 Å². The van der Waals surface area contributed by atoms with Crippen molar-refractivity contribution in [2.24, 2.45) is 0 Å². The van der Waals surface area contributed by atoms with E-state index in [4.69, 9.17) is 10.5 Å². The van der Waals surface area contributed by atoms with E-state index in [0.29, 0.717) is 12.1 Å². The SMILES string of the molecule is CCn1cc(COC(=O)c2cc(F)c(F)cc2N)cn1. The summed E-state index contributed by atoms with van der Waals surface area (Å²) in [6.07, 6.45) is 3.28. The molecule has 0 amide bonds. The lowest BCUT2D eigenvalue weighted by atomic mass is 10.1. The van der Waals surface area contributed by atoms with E-state index in [2.05, 4.69) is 5.10 Å². The molecule has 0 unspecified atom stereocenters. The number of ether oxygens (including phenoxy) is 1. The molecule has 0 radical (unpaired) electrons. The molecule has 0 aliphatic heterocycles. The Labute approximate surface area is 114 Å². The first kappa shape index (κ1) is 14.0. The minimum Gasteiger partial charge on any atom is -0.457 e. The monoisotopic (exact) mass is 281 g/mol. The number of nitrogens with two attached hydrogens (primary N) is 1. The van der Waals surface area contributed by atoms with Crippen LogP contribution in [-0.4, -0.2) is 15.7 Å². The molecular weight excluding hydrogens is 268 g/mol. The summed E-state index contributed by atoms with van der Waals surface area (Å²) in [5.41, 5.74) is 5.79. The molecule has 2 N–H and O–H groups in total. The number of hydrogen-bond acceptors (Lipinski definition) is 4. The quantitative estimate of drug-likeness (QED) is 0.688. The van der Waals surface area contributed by atoms with Crippen molar-refractivity contribution in [3.8, 4) is 0 Å². The molecule has 106 valence electrons. The highest BCUT2D eigenvalue weighted by Crippen LogP contribution is 2.18. The minimum atomic E-state index is -1.15. The van der Waals surface area contributed by atoms with E-state index in [9.17, 15) is 13.6 Å². The fraction of sp³-hybridized carbons (Fsp3) is 0.231. The summed E-state index contributed by atoms with van der Waals surface area (Å²) in [7, 11) is 0. The van der Waals surface area contributed by atoms with Gasteiger partial charge >= 0.3 is 5.97 Å². The zero-order valence-corrected chi connectivity index (χ0v) is 10.8. The minimum absolute atomic E-state index is 0.0166. The Morgan fingerprint density at radius 1 is 1.40 bits per heavy atom. The van der Waals surface area contributed by atoms with Crippen LogP contribution in [0.25, 0.3) is 0 Å². The summed E-state index contributed by atoms with van der Waals surface area (Å²) in [5.74, 6) is -3.07. The van der Waals surface area contributed by atoms with Gasteiger partial charge in [0.1, 0.15) is 6.61 Å². The van der Waals surface area contributed by atoms with Crippen LogP contribution in [0.15, 0.2) is 24.5 Å². The molecule has 1 heterocycles. The van der Waals surface area contributed by atoms with Crippen LogP contribution >= 0.6 is 0 Å². The van der Waals surface area contributed by atoms with Crippen molar-refractivity contribution in [2.75, 3.05) is 5.73 Å². The number of carbonyl (C=O) groups excluding carboxylic acids is 1. The normalized spacial score (nSPS) is 10.6. The van der Waals surface area contributed by atoms with Gasteiger partial charge in [-0.1, -0.05) is 0 Å². The number of hydrogen-bond donors (Lipinski definition) is 1. The number of rotatable bonds is 4. The van der Waals surface area contributed by atoms with E-state index < -0.39 is 17.6 Å². The van der Waals surface area contributed by atoms with Crippen LogP contribution in [-0.2, 0) is 17.9 Å². The first-order valence-corrected chi connectivity index (χ1v) is 5.94. The van der Waals surface area contributed by atoms with E-state index >= 15 is 0 Å². The van der Waals surface area contributed by atoms with Crippen LogP contribution < -0.4 is 5.73 Å². The maximum absolute atomic E-state index is 13.1. The van der Waals surface area contributed by atoms with E-state index in [1.54, 1.807) is 17.1 Å². The fourth-order valence-electron chi connectivity index (χ4n) is 1.62. The maximum Gasteiger partial charge on any atom is 0.340 e. The molecule has 0 bridgehead atoms. The molecule has 2 aromatic rings. The Kier molecular flexibility index (Phi) is 3.97. The molecular formula is C13H13F2N3O2. The topological polar surface area (TPSA) is 70.1 Å². The molecule has 0 atom stereocenters. The Morgan fingerprint density at radius 2 is 2.10 bits per heavy atom. The smallest absolute Gasteiger partial charge is 0.340 e. The van der Waals surface area contributed by atoms with Crippen molar-refractivity contribution in [3.05, 3.63) is 47.3 Å². The van der Waals surface area contributed by atoms with Gasteiger partial charge in [-0.2, -0.15) is 5.10 Å². The van der Waals surface area contributed by atoms with Crippen LogP contribution in [0.1, 0.15) is 22.8 Å². The predicted molar refractivity (Wildman–Crippen MR) is 67.8 cm³/mol. The van der Waals surface area contributed by atoms with Crippen molar-refractivity contribution in [1.29, 1.82) is 0 Å². The van der Waals surface area contributed by atoms with Crippen molar-refractivity contribution < 1.29 is 18.3 Å². The number of benzene rings is 1. The maximum atomic E-state index is 13.1. The van der Waals surface area contributed by atoms with Crippen LogP contribution in [0.2, 0.25) is 0 Å². The van der Waals surface area contributed by atoms with Gasteiger partial charge in [0.05, 0.1) is 11.8 Å². The zero-order chi connectivity index (χ0) is 14.7. The van der Waals surface area contributed by atoms with Gasteiger partial charge in [0.25, 0.3) is 0 Å². The largest absolute Gasteiger partial charge is 0.457 e. The van der Waals surface area contributed by atoms with E-state index in [1.807, 2.05) is 6.92 Å². The Bertz CT molecular complexity index is 641. The van der Waals surface area contributed by atoms with E-state index in [0.717, 1.165) is 12.1 Å². The zero-order valence-electron chi connectivity index (χ0n) is 10.8. The van der Waals surface area contributed by atoms with Gasteiger partial charge in [0.15, 0.2) is 11.6 Å². The van der Waals surface area contributed by atoms with Gasteiger partial charge in [-0.3, -0.25) is 4.68 Å². The molecule has 0 aliphatic carbocycles. The van der Waals surface area contributed by atoms with Crippen molar-refractivity contribution in [1.82, 2.24) is 9.78 Å². The Morgan fingerprint density at radius 3 is 2.75 bits per heavy atom. The van der Waals surface area contributed by atoms with E-state index in [-0.39, 0.29) is 17.9 Å². The molecule has 7 heteroatoms. The molecule has 5 nitrogen and oxygen atoms in total. The molecule has 0 fully saturated rings. The van der Waals surface area contributed by atoms with Crippen LogP contribution in [0, 0.1) is 11.6 Å². The van der Waals surface area contributed by atoms with Crippen LogP contribution in [0.4, 0.5) is 14.5 Å². The molecule has 2 rings (SSSR count). The number of esters is 1. The lowest BCUT2D eigenvalue weighted by Gasteiger charge is -2.06. The first-order valence-electron chi connectivity index (χ1n) is 5.94. The molecule has 0 saturated heterocycles. The van der Waals surface area contributed by atoms with E-state index in [1.165, 1.54) is 0 Å². The predicted octanol–water partition coefficient (Wildman–Crippen LogP) is 2.12. The average molecular weight is 281 g/mol. The highest BCUT2D eigenvalue weighted by atomic mass is 19.2. The number of nitrogens with zero attached hydrogens (tertiary/aromatic N) is 2. The third kappa shape index (κ3) is 2.93. The summed E-state index contributed by atoms with van der Waals surface area (Å²) < 4.78 is 32.6. The summed E-state index contributed by atoms with van der Waals surface area (Å²) in [6.45, 7) is 2.60. The van der Waals surface area contributed by atoms with Crippen LogP contribution in [0.5, 0.6) is 0 Å². The number of carbonyl (C=O) groups is 1. The Hall–Kier alpha value is -2.44. The third-order valence-corrected chi connectivity index (χ3v) is 2.69. The molecule has 20 heavy (non-hydrogen) atoms. The summed E-state index contributed by atoms with van der Waals surface area (Å²) in [5, 5.41) is 4.02. The second kappa shape index (κ2) is 5.68. The number of anilines is 1. The molecule has 0 saturated carbocycles. The number of halogens is 2. The van der Waals surface area contributed by atoms with Crippen molar-refractivity contribution >= 4 is 11.7 Å². The summed E-state index contributed by atoms with van der Waals surface area (Å²) in [4.78, 5) is 11.8. The van der Waals surface area contributed by atoms with Crippen molar-refractivity contribution in [2.45, 2.75) is 20.1 Å². The molecule has 1 aromatic carbocycles. The molecule has 0 spiro atoms.